The van der Waals surface area contributed by atoms with Crippen molar-refractivity contribution in [3.8, 4) is 5.75 Å². The Morgan fingerprint density at radius 3 is 2.24 bits per heavy atom. The largest absolute Gasteiger partial charge is 0.497 e. The monoisotopic (exact) mass is 561 g/mol. The fourth-order valence-corrected chi connectivity index (χ4v) is 5.32. The molecule has 3 aromatic rings. The van der Waals surface area contributed by atoms with E-state index in [2.05, 4.69) is 70.8 Å². The van der Waals surface area contributed by atoms with E-state index >= 15 is 0 Å². The summed E-state index contributed by atoms with van der Waals surface area (Å²) in [6.45, 7) is 13.5. The molecule has 1 aromatic heterocycles. The first-order valence-corrected chi connectivity index (χ1v) is 14.1. The molecule has 1 fully saturated rings. The summed E-state index contributed by atoms with van der Waals surface area (Å²) in [5, 5.41) is 12.9. The number of imidazole rings is 1. The van der Waals surface area contributed by atoms with Gasteiger partial charge >= 0.3 is 12.1 Å². The van der Waals surface area contributed by atoms with Crippen molar-refractivity contribution < 1.29 is 19.4 Å². The normalized spacial score (nSPS) is 16.7. The van der Waals surface area contributed by atoms with Crippen LogP contribution in [0.1, 0.15) is 70.3 Å². The number of ether oxygens (including phenoxy) is 1. The number of urea groups is 1. The third kappa shape index (κ3) is 6.84. The third-order valence-corrected chi connectivity index (χ3v) is 7.89. The summed E-state index contributed by atoms with van der Waals surface area (Å²) in [6.07, 6.45) is 4.69. The van der Waals surface area contributed by atoms with Crippen LogP contribution in [0.4, 0.5) is 9.59 Å². The number of methoxy groups -OCH3 is 1. The van der Waals surface area contributed by atoms with Crippen LogP contribution in [0.5, 0.6) is 5.75 Å². The molecule has 4 rings (SSSR count). The molecule has 1 aliphatic rings. The van der Waals surface area contributed by atoms with Gasteiger partial charge in [0.15, 0.2) is 0 Å². The molecule has 0 spiro atoms. The van der Waals surface area contributed by atoms with E-state index in [1.54, 1.807) is 24.5 Å². The Hall–Kier alpha value is -4.01. The van der Waals surface area contributed by atoms with Gasteiger partial charge in [0.05, 0.1) is 38.6 Å². The van der Waals surface area contributed by atoms with E-state index in [1.807, 2.05) is 35.0 Å². The highest BCUT2D eigenvalue weighted by atomic mass is 16.5. The van der Waals surface area contributed by atoms with Gasteiger partial charge in [-0.3, -0.25) is 0 Å². The Balaban J connectivity index is 1.65. The van der Waals surface area contributed by atoms with Crippen LogP contribution in [0.3, 0.4) is 0 Å². The molecule has 0 saturated carbocycles. The molecule has 0 radical (unpaired) electrons. The zero-order chi connectivity index (χ0) is 29.9. The van der Waals surface area contributed by atoms with Crippen LogP contribution in [0.2, 0.25) is 0 Å². The maximum atomic E-state index is 14.0. The molecule has 2 aromatic carbocycles. The lowest BCUT2D eigenvalue weighted by Crippen LogP contribution is -2.51. The fourth-order valence-electron chi connectivity index (χ4n) is 5.32. The lowest BCUT2D eigenvalue weighted by molar-refractivity contribution is 0.00972. The maximum absolute atomic E-state index is 14.0. The number of carbonyl (C=O) groups is 2. The number of amides is 3. The van der Waals surface area contributed by atoms with Gasteiger partial charge < -0.3 is 19.3 Å². The van der Waals surface area contributed by atoms with Crippen LogP contribution >= 0.6 is 0 Å². The first-order chi connectivity index (χ1) is 19.3. The van der Waals surface area contributed by atoms with Crippen molar-refractivity contribution in [2.45, 2.75) is 65.5 Å². The lowest BCUT2D eigenvalue weighted by Gasteiger charge is -2.37. The first-order valence-electron chi connectivity index (χ1n) is 14.1. The Bertz CT molecular complexity index is 1310. The molecule has 220 valence electrons. The first kappa shape index (κ1) is 30.0. The summed E-state index contributed by atoms with van der Waals surface area (Å²) in [6, 6.07) is 15.3. The maximum Gasteiger partial charge on any atom is 0.426 e. The van der Waals surface area contributed by atoms with Crippen LogP contribution in [-0.2, 0) is 11.8 Å². The van der Waals surface area contributed by atoms with Gasteiger partial charge in [0.2, 0.25) is 0 Å². The topological polar surface area (TPSA) is 91.1 Å². The number of hydrazine groups is 1. The van der Waals surface area contributed by atoms with Crippen molar-refractivity contribution in [3.63, 3.8) is 0 Å². The van der Waals surface area contributed by atoms with Crippen molar-refractivity contribution in [1.29, 1.82) is 0 Å². The number of benzene rings is 2. The Morgan fingerprint density at radius 1 is 1.07 bits per heavy atom. The van der Waals surface area contributed by atoms with Crippen molar-refractivity contribution in [2.75, 3.05) is 26.7 Å². The third-order valence-electron chi connectivity index (χ3n) is 7.89. The van der Waals surface area contributed by atoms with Gasteiger partial charge in [-0.15, -0.1) is 0 Å². The molecule has 0 bridgehead atoms. The molecule has 9 nitrogen and oxygen atoms in total. The molecule has 2 unspecified atom stereocenters. The molecule has 1 saturated heterocycles. The minimum atomic E-state index is -1.16. The number of carboxylic acid groups (broad SMARTS) is 1. The van der Waals surface area contributed by atoms with E-state index in [4.69, 9.17) is 4.74 Å². The average molecular weight is 562 g/mol. The number of rotatable bonds is 9. The minimum absolute atomic E-state index is 0.000485. The fraction of sp³-hybridized carbons (Fsp3) is 0.469. The van der Waals surface area contributed by atoms with E-state index in [9.17, 15) is 14.7 Å². The second-order valence-corrected chi connectivity index (χ2v) is 12.8. The quantitative estimate of drug-likeness (QED) is 0.327. The SMILES string of the molecule is COc1ccc(CCN2C(=O)N(N(CC(n3ccnc3)C(C)(C)C)C(=O)O)CC2c2ccc(C(C)(C)C)cc2)cc1. The van der Waals surface area contributed by atoms with Crippen LogP contribution in [0, 0.1) is 5.41 Å². The standard InChI is InChI=1S/C32H43N5O4/c1-31(2,3)25-12-10-24(11-13-25)27-20-36(29(38)35(27)18-16-23-8-14-26(41-7)15-9-23)37(30(39)40)21-28(32(4,5)6)34-19-17-33-22-34/h8-15,17,19,22,27-28H,16,18,20-21H2,1-7H3,(H,39,40). The molecule has 1 N–H and O–H groups in total. The van der Waals surface area contributed by atoms with Crippen LogP contribution in [0.25, 0.3) is 0 Å². The smallest absolute Gasteiger partial charge is 0.426 e. The summed E-state index contributed by atoms with van der Waals surface area (Å²) in [5.41, 5.74) is 2.97. The number of nitrogens with zero attached hydrogens (tertiary/aromatic N) is 5. The van der Waals surface area contributed by atoms with Crippen LogP contribution in [-0.4, -0.2) is 68.4 Å². The zero-order valence-corrected chi connectivity index (χ0v) is 25.2. The zero-order valence-electron chi connectivity index (χ0n) is 25.2. The molecule has 1 aliphatic heterocycles. The number of hydrogen-bond acceptors (Lipinski definition) is 4. The summed E-state index contributed by atoms with van der Waals surface area (Å²) < 4.78 is 7.20. The van der Waals surface area contributed by atoms with E-state index in [0.717, 1.165) is 16.9 Å². The number of hydrogen-bond donors (Lipinski definition) is 1. The van der Waals surface area contributed by atoms with Gasteiger partial charge in [0.25, 0.3) is 0 Å². The van der Waals surface area contributed by atoms with Gasteiger partial charge in [-0.2, -0.15) is 0 Å². The highest BCUT2D eigenvalue weighted by Gasteiger charge is 2.44. The van der Waals surface area contributed by atoms with Gasteiger partial charge in [-0.25, -0.2) is 24.6 Å². The molecule has 3 amide bonds. The highest BCUT2D eigenvalue weighted by molar-refractivity contribution is 5.80. The van der Waals surface area contributed by atoms with Crippen LogP contribution in [0.15, 0.2) is 67.3 Å². The van der Waals surface area contributed by atoms with Gasteiger partial charge in [0.1, 0.15) is 5.75 Å². The second-order valence-electron chi connectivity index (χ2n) is 12.8. The van der Waals surface area contributed by atoms with Crippen molar-refractivity contribution in [2.24, 2.45) is 5.41 Å². The molecular weight excluding hydrogens is 518 g/mol. The van der Waals surface area contributed by atoms with E-state index in [-0.39, 0.29) is 42.0 Å². The minimum Gasteiger partial charge on any atom is -0.497 e. The molecule has 0 aliphatic carbocycles. The van der Waals surface area contributed by atoms with E-state index in [1.165, 1.54) is 15.6 Å². The second kappa shape index (κ2) is 11.8. The highest BCUT2D eigenvalue weighted by Crippen LogP contribution is 2.36. The number of aromatic nitrogens is 2. The van der Waals surface area contributed by atoms with Gasteiger partial charge in [-0.05, 0) is 46.1 Å². The molecule has 2 atom stereocenters. The van der Waals surface area contributed by atoms with Crippen molar-refractivity contribution in [3.05, 3.63) is 83.9 Å². The summed E-state index contributed by atoms with van der Waals surface area (Å²) in [7, 11) is 1.63. The van der Waals surface area contributed by atoms with E-state index in [0.29, 0.717) is 13.0 Å². The predicted molar refractivity (Wildman–Crippen MR) is 159 cm³/mol. The average Bonchev–Trinajstić information content (AvgIpc) is 3.55. The number of carbonyl (C=O) groups excluding carboxylic acids is 1. The lowest BCUT2D eigenvalue weighted by atomic mass is 9.86. The molecule has 2 heterocycles. The molecule has 41 heavy (non-hydrogen) atoms. The van der Waals surface area contributed by atoms with Crippen LogP contribution < -0.4 is 4.74 Å². The van der Waals surface area contributed by atoms with Crippen molar-refractivity contribution >= 4 is 12.1 Å². The van der Waals surface area contributed by atoms with Gasteiger partial charge in [0, 0.05) is 18.9 Å². The summed E-state index contributed by atoms with van der Waals surface area (Å²) in [5.74, 6) is 0.775. The summed E-state index contributed by atoms with van der Waals surface area (Å²) >= 11 is 0. The molecule has 9 heteroatoms. The van der Waals surface area contributed by atoms with Gasteiger partial charge in [-0.1, -0.05) is 77.9 Å². The Morgan fingerprint density at radius 2 is 1.73 bits per heavy atom. The predicted octanol–water partition coefficient (Wildman–Crippen LogP) is 6.39. The Labute approximate surface area is 243 Å². The van der Waals surface area contributed by atoms with E-state index < -0.39 is 6.09 Å². The summed E-state index contributed by atoms with van der Waals surface area (Å²) in [4.78, 5) is 32.7. The molecular formula is C32H43N5O4. The van der Waals surface area contributed by atoms with Crippen molar-refractivity contribution in [1.82, 2.24) is 24.5 Å². The Kier molecular flexibility index (Phi) is 8.66.